The van der Waals surface area contributed by atoms with Crippen molar-refractivity contribution in [1.82, 2.24) is 5.16 Å². The molecule has 0 radical (unpaired) electrons. The minimum atomic E-state index is -0.498. The molecule has 2 atom stereocenters. The van der Waals surface area contributed by atoms with Gasteiger partial charge in [-0.1, -0.05) is 66.8 Å². The molecule has 1 aromatic carbocycles. The summed E-state index contributed by atoms with van der Waals surface area (Å²) in [6.07, 6.45) is 0. The van der Waals surface area contributed by atoms with Gasteiger partial charge >= 0.3 is 5.69 Å². The van der Waals surface area contributed by atoms with Crippen LogP contribution in [0.3, 0.4) is 0 Å². The second kappa shape index (κ2) is 6.24. The second-order valence-electron chi connectivity index (χ2n) is 4.06. The average molecular weight is 424 g/mol. The number of hydrogen-bond acceptors (Lipinski definition) is 4. The van der Waals surface area contributed by atoms with Gasteiger partial charge in [0.15, 0.2) is 5.69 Å². The third kappa shape index (κ3) is 2.89. The summed E-state index contributed by atoms with van der Waals surface area (Å²) in [6.45, 7) is 1.53. The molecule has 0 saturated heterocycles. The van der Waals surface area contributed by atoms with E-state index in [1.165, 1.54) is 6.92 Å². The molecule has 8 heteroatoms. The van der Waals surface area contributed by atoms with E-state index in [1.807, 2.05) is 18.2 Å². The maximum atomic E-state index is 11.1. The standard InChI is InChI=1S/C12H9Br2ClN2O3/c1-6-11(17(18)19)12(20-16-6)10(14)9(13)7-4-2-3-5-8(7)15/h2-5,9-10H,1H3. The van der Waals surface area contributed by atoms with Gasteiger partial charge in [-0.05, 0) is 18.6 Å². The molecule has 0 saturated carbocycles. The molecule has 106 valence electrons. The molecule has 0 bridgehead atoms. The predicted octanol–water partition coefficient (Wildman–Crippen LogP) is 5.12. The Kier molecular flexibility index (Phi) is 4.82. The summed E-state index contributed by atoms with van der Waals surface area (Å²) in [5.74, 6) is 0.161. The Hall–Kier alpha value is -0.920. The fourth-order valence-electron chi connectivity index (χ4n) is 1.77. The third-order valence-corrected chi connectivity index (χ3v) is 5.77. The number of halogens is 3. The zero-order valence-electron chi connectivity index (χ0n) is 10.2. The van der Waals surface area contributed by atoms with Crippen molar-refractivity contribution in [3.8, 4) is 0 Å². The number of alkyl halides is 2. The third-order valence-electron chi connectivity index (χ3n) is 2.75. The lowest BCUT2D eigenvalue weighted by Gasteiger charge is -2.15. The SMILES string of the molecule is Cc1noc(C(Br)C(Br)c2ccccc2Cl)c1[N+](=O)[O-]. The molecule has 0 fully saturated rings. The topological polar surface area (TPSA) is 69.2 Å². The molecule has 0 spiro atoms. The van der Waals surface area contributed by atoms with E-state index in [0.717, 1.165) is 5.56 Å². The predicted molar refractivity (Wildman–Crippen MR) is 82.7 cm³/mol. The van der Waals surface area contributed by atoms with E-state index in [1.54, 1.807) is 6.07 Å². The quantitative estimate of drug-likeness (QED) is 0.388. The zero-order valence-corrected chi connectivity index (χ0v) is 14.1. The number of nitrogens with zero attached hydrogens (tertiary/aromatic N) is 2. The molecule has 0 N–H and O–H groups in total. The van der Waals surface area contributed by atoms with Crippen molar-refractivity contribution in [2.75, 3.05) is 0 Å². The first-order valence-corrected chi connectivity index (χ1v) is 7.77. The van der Waals surface area contributed by atoms with Gasteiger partial charge in [0.05, 0.1) is 14.6 Å². The minimum Gasteiger partial charge on any atom is -0.352 e. The highest BCUT2D eigenvalue weighted by Gasteiger charge is 2.34. The molecule has 20 heavy (non-hydrogen) atoms. The van der Waals surface area contributed by atoms with Crippen molar-refractivity contribution >= 4 is 49.1 Å². The number of hydrogen-bond donors (Lipinski definition) is 0. The largest absolute Gasteiger partial charge is 0.352 e. The minimum absolute atomic E-state index is 0.122. The molecular formula is C12H9Br2ClN2O3. The summed E-state index contributed by atoms with van der Waals surface area (Å²) in [5, 5.41) is 15.3. The highest BCUT2D eigenvalue weighted by atomic mass is 79.9. The van der Waals surface area contributed by atoms with E-state index < -0.39 is 9.75 Å². The van der Waals surface area contributed by atoms with Crippen molar-refractivity contribution in [3.05, 3.63) is 56.4 Å². The normalized spacial score (nSPS) is 14.0. The lowest BCUT2D eigenvalue weighted by molar-refractivity contribution is -0.386. The van der Waals surface area contributed by atoms with Gasteiger partial charge in [-0.3, -0.25) is 10.1 Å². The first kappa shape index (κ1) is 15.5. The molecule has 2 rings (SSSR count). The zero-order chi connectivity index (χ0) is 14.9. The molecule has 2 unspecified atom stereocenters. The van der Waals surface area contributed by atoms with Gasteiger partial charge in [0.2, 0.25) is 5.76 Å². The second-order valence-corrected chi connectivity index (χ2v) is 6.44. The van der Waals surface area contributed by atoms with Gasteiger partial charge in [-0.25, -0.2) is 0 Å². The Morgan fingerprint density at radius 1 is 1.35 bits per heavy atom. The smallest absolute Gasteiger partial charge is 0.335 e. The Morgan fingerprint density at radius 3 is 2.60 bits per heavy atom. The van der Waals surface area contributed by atoms with E-state index in [-0.39, 0.29) is 22.0 Å². The summed E-state index contributed by atoms with van der Waals surface area (Å²) < 4.78 is 5.09. The van der Waals surface area contributed by atoms with Crippen molar-refractivity contribution in [1.29, 1.82) is 0 Å². The Balaban J connectivity index is 2.39. The molecule has 0 aliphatic heterocycles. The van der Waals surface area contributed by atoms with Gasteiger partial charge < -0.3 is 4.52 Å². The van der Waals surface area contributed by atoms with Crippen LogP contribution in [0.4, 0.5) is 5.69 Å². The van der Waals surface area contributed by atoms with Crippen LogP contribution >= 0.6 is 43.5 Å². The van der Waals surface area contributed by atoms with Crippen LogP contribution < -0.4 is 0 Å². The maximum Gasteiger partial charge on any atom is 0.335 e. The van der Waals surface area contributed by atoms with Crippen LogP contribution in [0.15, 0.2) is 28.8 Å². The van der Waals surface area contributed by atoms with Crippen LogP contribution in [-0.2, 0) is 0 Å². The van der Waals surface area contributed by atoms with E-state index >= 15 is 0 Å². The van der Waals surface area contributed by atoms with E-state index in [0.29, 0.717) is 5.02 Å². The Bertz CT molecular complexity index is 647. The summed E-state index contributed by atoms with van der Waals surface area (Å²) in [4.78, 5) is 9.82. The van der Waals surface area contributed by atoms with Crippen molar-refractivity contribution in [2.45, 2.75) is 16.6 Å². The number of nitro groups is 1. The molecule has 0 aliphatic carbocycles. The van der Waals surface area contributed by atoms with E-state index in [4.69, 9.17) is 16.1 Å². The Labute approximate surface area is 136 Å². The lowest BCUT2D eigenvalue weighted by atomic mass is 10.1. The summed E-state index contributed by atoms with van der Waals surface area (Å²) >= 11 is 13.0. The molecule has 1 heterocycles. The lowest BCUT2D eigenvalue weighted by Crippen LogP contribution is -2.02. The van der Waals surface area contributed by atoms with Gasteiger partial charge in [0, 0.05) is 5.02 Å². The van der Waals surface area contributed by atoms with Crippen LogP contribution in [0.5, 0.6) is 0 Å². The summed E-state index contributed by atoms with van der Waals surface area (Å²) in [6, 6.07) is 7.25. The summed E-state index contributed by atoms with van der Waals surface area (Å²) in [7, 11) is 0. The fraction of sp³-hybridized carbons (Fsp3) is 0.250. The van der Waals surface area contributed by atoms with Crippen LogP contribution in [-0.4, -0.2) is 10.1 Å². The highest BCUT2D eigenvalue weighted by Crippen LogP contribution is 2.47. The number of aromatic nitrogens is 1. The Morgan fingerprint density at radius 2 is 2.00 bits per heavy atom. The van der Waals surface area contributed by atoms with E-state index in [9.17, 15) is 10.1 Å². The molecular weight excluding hydrogens is 415 g/mol. The molecule has 0 aliphatic rings. The number of aryl methyl sites for hydroxylation is 1. The van der Waals surface area contributed by atoms with Crippen LogP contribution in [0.25, 0.3) is 0 Å². The highest BCUT2D eigenvalue weighted by molar-refractivity contribution is 9.12. The first-order chi connectivity index (χ1) is 9.43. The number of benzene rings is 1. The van der Waals surface area contributed by atoms with Crippen molar-refractivity contribution in [2.24, 2.45) is 0 Å². The maximum absolute atomic E-state index is 11.1. The first-order valence-electron chi connectivity index (χ1n) is 5.56. The fourth-order valence-corrected chi connectivity index (χ4v) is 3.38. The van der Waals surface area contributed by atoms with Crippen molar-refractivity contribution in [3.63, 3.8) is 0 Å². The molecule has 1 aromatic heterocycles. The molecule has 2 aromatic rings. The van der Waals surface area contributed by atoms with Gasteiger partial charge in [0.1, 0.15) is 0 Å². The molecule has 0 amide bonds. The van der Waals surface area contributed by atoms with Gasteiger partial charge in [-0.2, -0.15) is 0 Å². The van der Waals surface area contributed by atoms with Crippen LogP contribution in [0, 0.1) is 17.0 Å². The van der Waals surface area contributed by atoms with Crippen LogP contribution in [0.2, 0.25) is 5.02 Å². The van der Waals surface area contributed by atoms with Crippen LogP contribution in [0.1, 0.15) is 26.7 Å². The van der Waals surface area contributed by atoms with Gasteiger partial charge in [0.25, 0.3) is 0 Å². The number of rotatable bonds is 4. The van der Waals surface area contributed by atoms with E-state index in [2.05, 4.69) is 37.0 Å². The molecule has 5 nitrogen and oxygen atoms in total. The van der Waals surface area contributed by atoms with Gasteiger partial charge in [-0.15, -0.1) is 0 Å². The van der Waals surface area contributed by atoms with Crippen molar-refractivity contribution < 1.29 is 9.45 Å². The average Bonchev–Trinajstić information content (AvgIpc) is 2.79. The monoisotopic (exact) mass is 422 g/mol. The summed E-state index contributed by atoms with van der Waals surface area (Å²) in [5.41, 5.74) is 0.927.